The molecule has 0 aliphatic heterocycles. The van der Waals surface area contributed by atoms with Crippen LogP contribution in [0.5, 0.6) is 5.75 Å². The number of phenolic OH excluding ortho intramolecular Hbond substituents is 1. The van der Waals surface area contributed by atoms with Gasteiger partial charge >= 0.3 is 5.97 Å². The summed E-state index contributed by atoms with van der Waals surface area (Å²) in [5, 5.41) is 10.5. The smallest absolute Gasteiger partial charge is 0.313 e. The number of fused-ring (bicyclic) bond motifs is 1. The number of halogens is 3. The van der Waals surface area contributed by atoms with E-state index in [-0.39, 0.29) is 28.1 Å². The van der Waals surface area contributed by atoms with Crippen LogP contribution in [-0.4, -0.2) is 28.2 Å². The Balaban J connectivity index is 2.18. The molecule has 0 bridgehead atoms. The number of carbonyl (C=O) groups is 2. The molecule has 0 spiro atoms. The first-order valence-corrected chi connectivity index (χ1v) is 10.6. The van der Waals surface area contributed by atoms with E-state index >= 15 is 4.39 Å². The molecule has 0 saturated carbocycles. The summed E-state index contributed by atoms with van der Waals surface area (Å²) < 4.78 is 21.6. The van der Waals surface area contributed by atoms with Gasteiger partial charge in [-0.25, -0.2) is 4.39 Å². The zero-order chi connectivity index (χ0) is 22.9. The van der Waals surface area contributed by atoms with Crippen LogP contribution in [0.15, 0.2) is 30.3 Å². The number of aromatic hydroxyl groups is 1. The van der Waals surface area contributed by atoms with Gasteiger partial charge in [0.1, 0.15) is 0 Å². The SMILES string of the molecule is CCCCOC(=O)C(C)c1c(C)n(C(=O)c2ccc(Cl)c(Cl)c2)c2ccc(O)c(F)c12. The van der Waals surface area contributed by atoms with Gasteiger partial charge in [0.15, 0.2) is 11.6 Å². The third kappa shape index (κ3) is 4.27. The molecule has 0 aliphatic rings. The van der Waals surface area contributed by atoms with Crippen molar-refractivity contribution in [3.8, 4) is 5.75 Å². The first-order valence-electron chi connectivity index (χ1n) is 9.87. The van der Waals surface area contributed by atoms with Gasteiger partial charge in [-0.05, 0) is 56.2 Å². The predicted octanol–water partition coefficient (Wildman–Crippen LogP) is 6.24. The third-order valence-electron chi connectivity index (χ3n) is 5.23. The summed E-state index contributed by atoms with van der Waals surface area (Å²) in [6.07, 6.45) is 1.57. The largest absolute Gasteiger partial charge is 0.505 e. The summed E-state index contributed by atoms with van der Waals surface area (Å²) in [4.78, 5) is 25.9. The van der Waals surface area contributed by atoms with E-state index in [4.69, 9.17) is 27.9 Å². The minimum Gasteiger partial charge on any atom is -0.505 e. The van der Waals surface area contributed by atoms with Gasteiger partial charge in [0.2, 0.25) is 0 Å². The normalized spacial score (nSPS) is 12.2. The van der Waals surface area contributed by atoms with Crippen LogP contribution in [0.2, 0.25) is 10.0 Å². The van der Waals surface area contributed by atoms with Crippen LogP contribution >= 0.6 is 23.2 Å². The minimum absolute atomic E-state index is 0.00542. The maximum atomic E-state index is 15.0. The van der Waals surface area contributed by atoms with Crippen molar-refractivity contribution in [2.24, 2.45) is 0 Å². The number of unbranched alkanes of at least 4 members (excludes halogenated alkanes) is 1. The maximum Gasteiger partial charge on any atom is 0.313 e. The molecule has 164 valence electrons. The predicted molar refractivity (Wildman–Crippen MR) is 119 cm³/mol. The lowest BCUT2D eigenvalue weighted by Gasteiger charge is -2.13. The third-order valence-corrected chi connectivity index (χ3v) is 5.97. The lowest BCUT2D eigenvalue weighted by Crippen LogP contribution is -2.17. The molecule has 0 saturated heterocycles. The van der Waals surface area contributed by atoms with Crippen molar-refractivity contribution in [2.45, 2.75) is 39.5 Å². The van der Waals surface area contributed by atoms with Crippen LogP contribution in [0.1, 0.15) is 54.2 Å². The molecular formula is C23H22Cl2FNO4. The minimum atomic E-state index is -0.899. The first kappa shape index (κ1) is 23.1. The Bertz CT molecular complexity index is 1170. The Morgan fingerprint density at radius 1 is 1.19 bits per heavy atom. The van der Waals surface area contributed by atoms with Gasteiger partial charge in [0.25, 0.3) is 5.91 Å². The fraction of sp³-hybridized carbons (Fsp3) is 0.304. The Morgan fingerprint density at radius 2 is 1.90 bits per heavy atom. The second kappa shape index (κ2) is 9.28. The van der Waals surface area contributed by atoms with Crippen molar-refractivity contribution in [3.63, 3.8) is 0 Å². The standard InChI is InChI=1S/C23H22Cl2FNO4/c1-4-5-10-31-23(30)12(2)19-13(3)27(17-8-9-18(28)21(26)20(17)19)22(29)14-6-7-15(24)16(25)11-14/h6-9,11-12,28H,4-5,10H2,1-3H3. The summed E-state index contributed by atoms with van der Waals surface area (Å²) in [5.74, 6) is -3.31. The highest BCUT2D eigenvalue weighted by molar-refractivity contribution is 6.42. The van der Waals surface area contributed by atoms with Crippen LogP contribution < -0.4 is 0 Å². The van der Waals surface area contributed by atoms with E-state index in [0.717, 1.165) is 6.42 Å². The van der Waals surface area contributed by atoms with Crippen LogP contribution in [0.3, 0.4) is 0 Å². The molecule has 0 fully saturated rings. The zero-order valence-electron chi connectivity index (χ0n) is 17.3. The molecule has 5 nitrogen and oxygen atoms in total. The number of ether oxygens (including phenoxy) is 1. The molecule has 0 radical (unpaired) electrons. The van der Waals surface area contributed by atoms with E-state index in [1.165, 1.54) is 34.9 Å². The van der Waals surface area contributed by atoms with E-state index in [9.17, 15) is 14.7 Å². The average molecular weight is 466 g/mol. The van der Waals surface area contributed by atoms with Crippen molar-refractivity contribution in [1.82, 2.24) is 4.57 Å². The number of benzene rings is 2. The van der Waals surface area contributed by atoms with E-state index in [1.807, 2.05) is 6.92 Å². The van der Waals surface area contributed by atoms with Crippen LogP contribution in [0, 0.1) is 12.7 Å². The Hall–Kier alpha value is -2.57. The molecule has 3 rings (SSSR count). The number of rotatable bonds is 6. The Kier molecular flexibility index (Phi) is 6.92. The van der Waals surface area contributed by atoms with Gasteiger partial charge in [-0.3, -0.25) is 14.2 Å². The van der Waals surface area contributed by atoms with Gasteiger partial charge in [0.05, 0.1) is 28.1 Å². The lowest BCUT2D eigenvalue weighted by molar-refractivity contribution is -0.145. The molecule has 2 aromatic carbocycles. The maximum absolute atomic E-state index is 15.0. The van der Waals surface area contributed by atoms with E-state index in [2.05, 4.69) is 0 Å². The van der Waals surface area contributed by atoms with Gasteiger partial charge in [-0.2, -0.15) is 0 Å². The van der Waals surface area contributed by atoms with Gasteiger partial charge < -0.3 is 9.84 Å². The zero-order valence-corrected chi connectivity index (χ0v) is 18.9. The highest BCUT2D eigenvalue weighted by Crippen LogP contribution is 2.38. The number of nitrogens with zero attached hydrogens (tertiary/aromatic N) is 1. The summed E-state index contributed by atoms with van der Waals surface area (Å²) in [5.41, 5.74) is 1.13. The second-order valence-corrected chi connectivity index (χ2v) is 8.12. The number of hydrogen-bond acceptors (Lipinski definition) is 4. The van der Waals surface area contributed by atoms with Crippen molar-refractivity contribution in [1.29, 1.82) is 0 Å². The van der Waals surface area contributed by atoms with E-state index < -0.39 is 29.4 Å². The topological polar surface area (TPSA) is 68.5 Å². The Labute approximate surface area is 189 Å². The van der Waals surface area contributed by atoms with Crippen molar-refractivity contribution < 1.29 is 23.8 Å². The average Bonchev–Trinajstić information content (AvgIpc) is 3.04. The monoisotopic (exact) mass is 465 g/mol. The molecule has 1 N–H and O–H groups in total. The van der Waals surface area contributed by atoms with E-state index in [1.54, 1.807) is 13.8 Å². The summed E-state index contributed by atoms with van der Waals surface area (Å²) >= 11 is 12.0. The van der Waals surface area contributed by atoms with Crippen LogP contribution in [-0.2, 0) is 9.53 Å². The Morgan fingerprint density at radius 3 is 2.55 bits per heavy atom. The molecule has 0 aliphatic carbocycles. The molecule has 1 unspecified atom stereocenters. The molecule has 3 aromatic rings. The summed E-state index contributed by atoms with van der Waals surface area (Å²) in [6.45, 7) is 5.44. The summed E-state index contributed by atoms with van der Waals surface area (Å²) in [7, 11) is 0. The molecule has 0 amide bonds. The number of phenols is 1. The van der Waals surface area contributed by atoms with Crippen molar-refractivity contribution >= 4 is 46.0 Å². The van der Waals surface area contributed by atoms with Crippen LogP contribution in [0.4, 0.5) is 4.39 Å². The second-order valence-electron chi connectivity index (χ2n) is 7.30. The number of carbonyl (C=O) groups excluding carboxylic acids is 2. The quantitative estimate of drug-likeness (QED) is 0.345. The first-order chi connectivity index (χ1) is 14.7. The lowest BCUT2D eigenvalue weighted by atomic mass is 9.97. The van der Waals surface area contributed by atoms with Gasteiger partial charge in [-0.1, -0.05) is 36.5 Å². The van der Waals surface area contributed by atoms with Crippen LogP contribution in [0.25, 0.3) is 10.9 Å². The molecule has 1 heterocycles. The number of hydrogen-bond donors (Lipinski definition) is 1. The number of esters is 1. The van der Waals surface area contributed by atoms with E-state index in [0.29, 0.717) is 22.7 Å². The molecular weight excluding hydrogens is 444 g/mol. The highest BCUT2D eigenvalue weighted by Gasteiger charge is 2.30. The number of aromatic nitrogens is 1. The van der Waals surface area contributed by atoms with Gasteiger partial charge in [-0.15, -0.1) is 0 Å². The molecule has 1 atom stereocenters. The van der Waals surface area contributed by atoms with Crippen molar-refractivity contribution in [3.05, 3.63) is 63.0 Å². The fourth-order valence-electron chi connectivity index (χ4n) is 3.59. The molecule has 8 heteroatoms. The molecule has 31 heavy (non-hydrogen) atoms. The highest BCUT2D eigenvalue weighted by atomic mass is 35.5. The molecule has 1 aromatic heterocycles. The summed E-state index contributed by atoms with van der Waals surface area (Å²) in [6, 6.07) is 7.05. The van der Waals surface area contributed by atoms with Crippen molar-refractivity contribution in [2.75, 3.05) is 6.61 Å². The van der Waals surface area contributed by atoms with Gasteiger partial charge in [0, 0.05) is 16.6 Å². The fourth-order valence-corrected chi connectivity index (χ4v) is 3.89.